The molecule has 0 bridgehead atoms. The van der Waals surface area contributed by atoms with E-state index in [4.69, 9.17) is 0 Å². The molecule has 0 saturated carbocycles. The lowest BCUT2D eigenvalue weighted by Gasteiger charge is -2.20. The minimum atomic E-state index is -1.09. The van der Waals surface area contributed by atoms with Gasteiger partial charge in [0, 0.05) is 11.1 Å². The van der Waals surface area contributed by atoms with Crippen molar-refractivity contribution in [2.45, 2.75) is 13.1 Å². The van der Waals surface area contributed by atoms with Gasteiger partial charge in [-0.2, -0.15) is 0 Å². The molecular weight excluding hydrogens is 257 g/mol. The van der Waals surface area contributed by atoms with Gasteiger partial charge in [0.25, 0.3) is 0 Å². The van der Waals surface area contributed by atoms with Crippen LogP contribution in [0.2, 0.25) is 0 Å². The third kappa shape index (κ3) is 4.48. The Morgan fingerprint density at radius 3 is 2.05 bits per heavy atom. The third-order valence-corrected chi connectivity index (χ3v) is 3.06. The van der Waals surface area contributed by atoms with Gasteiger partial charge in [-0.1, -0.05) is 42.5 Å². The molecule has 0 aliphatic carbocycles. The first-order chi connectivity index (χ1) is 9.63. The summed E-state index contributed by atoms with van der Waals surface area (Å²) in [6, 6.07) is 15.8. The number of carboxylic acid groups (broad SMARTS) is 1. The van der Waals surface area contributed by atoms with Gasteiger partial charge in [-0.3, -0.25) is 0 Å². The Balaban J connectivity index is 2.07. The smallest absolute Gasteiger partial charge is 0.123 e. The molecule has 0 aromatic heterocycles. The zero-order chi connectivity index (χ0) is 14.4. The van der Waals surface area contributed by atoms with Crippen molar-refractivity contribution in [2.24, 2.45) is 0 Å². The van der Waals surface area contributed by atoms with Crippen LogP contribution in [0, 0.1) is 5.82 Å². The second kappa shape index (κ2) is 6.82. The number of carboxylic acids is 1. The van der Waals surface area contributed by atoms with Gasteiger partial charge in [-0.15, -0.1) is 0 Å². The molecule has 4 heteroatoms. The fourth-order valence-corrected chi connectivity index (χ4v) is 2.17. The first-order valence-corrected chi connectivity index (χ1v) is 6.45. The molecule has 0 fully saturated rings. The lowest BCUT2D eigenvalue weighted by Crippen LogP contribution is -3.10. The molecule has 0 spiro atoms. The highest BCUT2D eigenvalue weighted by atomic mass is 19.1. The Bertz CT molecular complexity index is 554. The van der Waals surface area contributed by atoms with Crippen LogP contribution in [-0.2, 0) is 17.9 Å². The average molecular weight is 273 g/mol. The molecule has 1 unspecified atom stereocenters. The molecule has 0 saturated heterocycles. The van der Waals surface area contributed by atoms with Crippen LogP contribution in [0.5, 0.6) is 0 Å². The first kappa shape index (κ1) is 14.2. The molecule has 0 amide bonds. The summed E-state index contributed by atoms with van der Waals surface area (Å²) in [4.78, 5) is 11.7. The van der Waals surface area contributed by atoms with E-state index in [1.54, 1.807) is 12.1 Å². The van der Waals surface area contributed by atoms with Gasteiger partial charge in [0.05, 0.1) is 5.97 Å². The Hall–Kier alpha value is -2.20. The molecular formula is C16H16FNO2. The number of halogens is 1. The number of nitrogens with one attached hydrogen (secondary N) is 1. The highest BCUT2D eigenvalue weighted by Crippen LogP contribution is 2.01. The highest BCUT2D eigenvalue weighted by molar-refractivity contribution is 5.65. The standard InChI is InChI=1S/C16H16FNO2/c17-15-8-6-14(7-9-15)11-18(12-16(19)20)10-13-4-2-1-3-5-13/h1-9H,10-12H2,(H,19,20). The maximum atomic E-state index is 12.9. The Morgan fingerprint density at radius 2 is 1.50 bits per heavy atom. The molecule has 0 aliphatic rings. The lowest BCUT2D eigenvalue weighted by molar-refractivity contribution is -0.922. The van der Waals surface area contributed by atoms with Crippen molar-refractivity contribution in [3.63, 3.8) is 0 Å². The molecule has 1 atom stereocenters. The number of rotatable bonds is 6. The van der Waals surface area contributed by atoms with Crippen molar-refractivity contribution in [3.8, 4) is 0 Å². The molecule has 1 N–H and O–H groups in total. The van der Waals surface area contributed by atoms with Crippen molar-refractivity contribution in [2.75, 3.05) is 6.54 Å². The van der Waals surface area contributed by atoms with Crippen LogP contribution in [0.25, 0.3) is 0 Å². The summed E-state index contributed by atoms with van der Waals surface area (Å²) in [7, 11) is 0. The van der Waals surface area contributed by atoms with Gasteiger partial charge in [0.1, 0.15) is 25.5 Å². The van der Waals surface area contributed by atoms with Crippen molar-refractivity contribution in [1.29, 1.82) is 0 Å². The van der Waals surface area contributed by atoms with E-state index in [1.807, 2.05) is 30.3 Å². The van der Waals surface area contributed by atoms with Gasteiger partial charge in [-0.25, -0.2) is 4.39 Å². The Morgan fingerprint density at radius 1 is 0.950 bits per heavy atom. The second-order valence-electron chi connectivity index (χ2n) is 4.76. The summed E-state index contributed by atoms with van der Waals surface area (Å²) in [6.45, 7) is 1.03. The normalized spacial score (nSPS) is 12.1. The lowest BCUT2D eigenvalue weighted by atomic mass is 10.1. The predicted octanol–water partition coefficient (Wildman–Crippen LogP) is 0.161. The van der Waals surface area contributed by atoms with Crippen LogP contribution < -0.4 is 10.0 Å². The first-order valence-electron chi connectivity index (χ1n) is 6.45. The third-order valence-electron chi connectivity index (χ3n) is 3.06. The van der Waals surface area contributed by atoms with E-state index in [0.717, 1.165) is 16.0 Å². The number of carbonyl (C=O) groups is 1. The summed E-state index contributed by atoms with van der Waals surface area (Å²) >= 11 is 0. The van der Waals surface area contributed by atoms with Crippen LogP contribution in [0.3, 0.4) is 0 Å². The van der Waals surface area contributed by atoms with Crippen molar-refractivity contribution >= 4 is 5.97 Å². The average Bonchev–Trinajstić information content (AvgIpc) is 2.42. The molecule has 2 aromatic carbocycles. The molecule has 0 radical (unpaired) electrons. The van der Waals surface area contributed by atoms with Gasteiger partial charge in [0.2, 0.25) is 0 Å². The van der Waals surface area contributed by atoms with E-state index >= 15 is 0 Å². The molecule has 20 heavy (non-hydrogen) atoms. The summed E-state index contributed by atoms with van der Waals surface area (Å²) in [5.74, 6) is -1.38. The largest absolute Gasteiger partial charge is 0.544 e. The van der Waals surface area contributed by atoms with Crippen LogP contribution >= 0.6 is 0 Å². The second-order valence-corrected chi connectivity index (χ2v) is 4.76. The molecule has 2 aromatic rings. The van der Waals surface area contributed by atoms with E-state index in [0.29, 0.717) is 13.1 Å². The monoisotopic (exact) mass is 273 g/mol. The van der Waals surface area contributed by atoms with Crippen LogP contribution in [0.15, 0.2) is 54.6 Å². The van der Waals surface area contributed by atoms with Crippen LogP contribution in [0.4, 0.5) is 4.39 Å². The van der Waals surface area contributed by atoms with Gasteiger partial charge < -0.3 is 14.8 Å². The topological polar surface area (TPSA) is 44.6 Å². The summed E-state index contributed by atoms with van der Waals surface area (Å²) in [5.41, 5.74) is 1.96. The molecule has 104 valence electrons. The Labute approximate surface area is 117 Å². The van der Waals surface area contributed by atoms with Crippen molar-refractivity contribution in [1.82, 2.24) is 0 Å². The number of hydrogen-bond donors (Lipinski definition) is 1. The quantitative estimate of drug-likeness (QED) is 0.815. The maximum Gasteiger partial charge on any atom is 0.123 e. The molecule has 2 rings (SSSR count). The SMILES string of the molecule is O=C([O-])C[NH+](Cc1ccccc1)Cc1ccc(F)cc1. The van der Waals surface area contributed by atoms with Gasteiger partial charge in [-0.05, 0) is 12.1 Å². The zero-order valence-corrected chi connectivity index (χ0v) is 11.0. The van der Waals surface area contributed by atoms with E-state index < -0.39 is 5.97 Å². The van der Waals surface area contributed by atoms with Crippen LogP contribution in [0.1, 0.15) is 11.1 Å². The van der Waals surface area contributed by atoms with E-state index in [9.17, 15) is 14.3 Å². The number of hydrogen-bond acceptors (Lipinski definition) is 2. The zero-order valence-electron chi connectivity index (χ0n) is 11.0. The molecule has 0 heterocycles. The number of aliphatic carboxylic acids is 1. The van der Waals surface area contributed by atoms with Gasteiger partial charge in [0.15, 0.2) is 0 Å². The van der Waals surface area contributed by atoms with Crippen LogP contribution in [-0.4, -0.2) is 12.5 Å². The van der Waals surface area contributed by atoms with Crippen molar-refractivity contribution in [3.05, 3.63) is 71.5 Å². The molecule has 0 aliphatic heterocycles. The minimum Gasteiger partial charge on any atom is -0.544 e. The van der Waals surface area contributed by atoms with E-state index in [-0.39, 0.29) is 12.4 Å². The van der Waals surface area contributed by atoms with Gasteiger partial charge >= 0.3 is 0 Å². The fraction of sp³-hybridized carbons (Fsp3) is 0.188. The minimum absolute atomic E-state index is 0.0771. The fourth-order valence-electron chi connectivity index (χ4n) is 2.17. The highest BCUT2D eigenvalue weighted by Gasteiger charge is 2.11. The van der Waals surface area contributed by atoms with E-state index in [1.165, 1.54) is 12.1 Å². The number of carbonyl (C=O) groups excluding carboxylic acids is 1. The summed E-state index contributed by atoms with van der Waals surface area (Å²) < 4.78 is 12.9. The van der Waals surface area contributed by atoms with E-state index in [2.05, 4.69) is 0 Å². The molecule has 3 nitrogen and oxygen atoms in total. The predicted molar refractivity (Wildman–Crippen MR) is 71.1 cm³/mol. The maximum absolute atomic E-state index is 12.9. The number of benzene rings is 2. The Kier molecular flexibility index (Phi) is 4.85. The van der Waals surface area contributed by atoms with Crippen molar-refractivity contribution < 1.29 is 19.2 Å². The summed E-state index contributed by atoms with van der Waals surface area (Å²) in [6.07, 6.45) is 0. The summed E-state index contributed by atoms with van der Waals surface area (Å²) in [5, 5.41) is 10.9. The number of quaternary nitrogens is 1.